The molecule has 0 atom stereocenters. The first-order chi connectivity index (χ1) is 8.26. The van der Waals surface area contributed by atoms with E-state index >= 15 is 0 Å². The Balaban J connectivity index is 1.65. The van der Waals surface area contributed by atoms with Crippen LogP contribution in [0.1, 0.15) is 45.4 Å². The van der Waals surface area contributed by atoms with Gasteiger partial charge in [0.1, 0.15) is 0 Å². The Kier molecular flexibility index (Phi) is 2.82. The highest BCUT2D eigenvalue weighted by molar-refractivity contribution is 5.83. The first-order valence-corrected chi connectivity index (χ1v) is 6.92. The average molecular weight is 231 g/mol. The highest BCUT2D eigenvalue weighted by Gasteiger charge is 2.48. The molecule has 92 valence electrons. The molecule has 0 aromatic rings. The summed E-state index contributed by atoms with van der Waals surface area (Å²) < 4.78 is 0. The molecule has 4 saturated carbocycles. The van der Waals surface area contributed by atoms with E-state index in [9.17, 15) is 0 Å². The monoisotopic (exact) mass is 231 g/mol. The maximum atomic E-state index is 8.62. The van der Waals surface area contributed by atoms with E-state index in [0.29, 0.717) is 12.5 Å². The predicted octanol–water partition coefficient (Wildman–Crippen LogP) is 2.69. The molecule has 0 amide bonds. The third kappa shape index (κ3) is 2.06. The van der Waals surface area contributed by atoms with Crippen molar-refractivity contribution < 1.29 is 0 Å². The number of nitriles is 1. The molecule has 4 bridgehead atoms. The van der Waals surface area contributed by atoms with Gasteiger partial charge in [0.25, 0.3) is 0 Å². The van der Waals surface area contributed by atoms with Crippen LogP contribution in [0.4, 0.5) is 0 Å². The number of hydrogen-bond acceptors (Lipinski definition) is 3. The second kappa shape index (κ2) is 4.33. The molecule has 0 saturated heterocycles. The fourth-order valence-corrected chi connectivity index (χ4v) is 4.47. The van der Waals surface area contributed by atoms with Gasteiger partial charge in [0.05, 0.1) is 12.5 Å². The van der Waals surface area contributed by atoms with Gasteiger partial charge in [-0.2, -0.15) is 10.4 Å². The van der Waals surface area contributed by atoms with E-state index in [1.165, 1.54) is 32.1 Å². The number of hydrogen-bond donors (Lipinski definition) is 1. The molecule has 0 aromatic heterocycles. The molecule has 17 heavy (non-hydrogen) atoms. The summed E-state index contributed by atoms with van der Waals surface area (Å²) in [5.41, 5.74) is 4.30. The summed E-state index contributed by atoms with van der Waals surface area (Å²) in [6, 6.07) is 2.74. The van der Waals surface area contributed by atoms with Crippen LogP contribution in [0.2, 0.25) is 0 Å². The van der Waals surface area contributed by atoms with Crippen molar-refractivity contribution in [2.45, 2.75) is 51.5 Å². The zero-order chi connectivity index (χ0) is 11.8. The van der Waals surface area contributed by atoms with Crippen molar-refractivity contribution in [1.29, 1.82) is 5.26 Å². The first kappa shape index (κ1) is 11.1. The summed E-state index contributed by atoms with van der Waals surface area (Å²) >= 11 is 0. The number of nitrogens with one attached hydrogen (secondary N) is 1. The van der Waals surface area contributed by atoms with E-state index in [1.54, 1.807) is 0 Å². The Hall–Kier alpha value is -1.04. The van der Waals surface area contributed by atoms with E-state index in [1.807, 2.05) is 6.92 Å². The molecule has 0 aromatic carbocycles. The van der Waals surface area contributed by atoms with E-state index in [0.717, 1.165) is 29.4 Å². The molecule has 1 N–H and O–H groups in total. The molecule has 4 aliphatic carbocycles. The summed E-state index contributed by atoms with van der Waals surface area (Å²) in [4.78, 5) is 0. The van der Waals surface area contributed by atoms with Gasteiger partial charge < -0.3 is 5.43 Å². The lowest BCUT2D eigenvalue weighted by atomic mass is 9.54. The van der Waals surface area contributed by atoms with Crippen molar-refractivity contribution in [2.75, 3.05) is 0 Å². The van der Waals surface area contributed by atoms with Gasteiger partial charge in [-0.15, -0.1) is 0 Å². The van der Waals surface area contributed by atoms with Gasteiger partial charge in [-0.1, -0.05) is 0 Å². The molecule has 0 spiro atoms. The van der Waals surface area contributed by atoms with Gasteiger partial charge in [-0.25, -0.2) is 0 Å². The number of rotatable bonds is 3. The lowest BCUT2D eigenvalue weighted by Gasteiger charge is -2.54. The minimum Gasteiger partial charge on any atom is -0.307 e. The van der Waals surface area contributed by atoms with E-state index in [2.05, 4.69) is 16.6 Å². The summed E-state index contributed by atoms with van der Waals surface area (Å²) in [7, 11) is 0. The smallest absolute Gasteiger partial charge is 0.0750 e. The maximum absolute atomic E-state index is 8.62. The molecule has 4 fully saturated rings. The molecule has 4 rings (SSSR count). The Morgan fingerprint density at radius 1 is 1.18 bits per heavy atom. The van der Waals surface area contributed by atoms with Crippen molar-refractivity contribution in [3.63, 3.8) is 0 Å². The first-order valence-electron chi connectivity index (χ1n) is 6.92. The largest absolute Gasteiger partial charge is 0.307 e. The highest BCUT2D eigenvalue weighted by atomic mass is 15.3. The van der Waals surface area contributed by atoms with E-state index in [4.69, 9.17) is 5.26 Å². The molecule has 0 heterocycles. The highest BCUT2D eigenvalue weighted by Crippen LogP contribution is 2.53. The van der Waals surface area contributed by atoms with Gasteiger partial charge in [-0.3, -0.25) is 0 Å². The van der Waals surface area contributed by atoms with Crippen LogP contribution in [-0.4, -0.2) is 11.8 Å². The van der Waals surface area contributed by atoms with Gasteiger partial charge in [0, 0.05) is 11.8 Å². The van der Waals surface area contributed by atoms with Crippen LogP contribution in [0.3, 0.4) is 0 Å². The molecule has 0 radical (unpaired) electrons. The average Bonchev–Trinajstić information content (AvgIpc) is 2.27. The third-order valence-corrected chi connectivity index (χ3v) is 4.97. The minimum atomic E-state index is 0.445. The van der Waals surface area contributed by atoms with Crippen molar-refractivity contribution in [2.24, 2.45) is 28.8 Å². The van der Waals surface area contributed by atoms with Crippen LogP contribution in [0.15, 0.2) is 5.10 Å². The SMILES string of the molecule is C/C(CC#N)=N\NC1C2CC3CC(C2)CC1C3. The maximum Gasteiger partial charge on any atom is 0.0750 e. The topological polar surface area (TPSA) is 48.2 Å². The molecule has 0 aliphatic heterocycles. The summed E-state index contributed by atoms with van der Waals surface area (Å²) in [6.07, 6.45) is 7.60. The summed E-state index contributed by atoms with van der Waals surface area (Å²) in [6.45, 7) is 1.94. The Bertz CT molecular complexity index is 338. The van der Waals surface area contributed by atoms with Crippen LogP contribution in [0, 0.1) is 35.0 Å². The van der Waals surface area contributed by atoms with Crippen LogP contribution < -0.4 is 5.43 Å². The van der Waals surface area contributed by atoms with Crippen LogP contribution in [0.5, 0.6) is 0 Å². The van der Waals surface area contributed by atoms with Gasteiger partial charge in [0.15, 0.2) is 0 Å². The molecule has 0 unspecified atom stereocenters. The lowest BCUT2D eigenvalue weighted by molar-refractivity contribution is -0.0132. The molecule has 3 heteroatoms. The van der Waals surface area contributed by atoms with Crippen molar-refractivity contribution >= 4 is 5.71 Å². The molecule has 4 aliphatic rings. The summed E-state index contributed by atoms with van der Waals surface area (Å²) in [5, 5.41) is 13.0. The lowest BCUT2D eigenvalue weighted by Crippen LogP contribution is -2.53. The standard InChI is InChI=1S/C14H21N3/c1-9(2-3-15)16-17-14-12-5-10-4-11(7-12)8-13(14)6-10/h10-14,17H,2,4-8H2,1H3/b16-9+. The minimum absolute atomic E-state index is 0.445. The van der Waals surface area contributed by atoms with Gasteiger partial charge in [-0.05, 0) is 62.7 Å². The zero-order valence-corrected chi connectivity index (χ0v) is 10.5. The van der Waals surface area contributed by atoms with Crippen LogP contribution >= 0.6 is 0 Å². The Morgan fingerprint density at radius 3 is 2.29 bits per heavy atom. The quantitative estimate of drug-likeness (QED) is 0.599. The van der Waals surface area contributed by atoms with E-state index < -0.39 is 0 Å². The van der Waals surface area contributed by atoms with E-state index in [-0.39, 0.29) is 0 Å². The second-order valence-corrected chi connectivity index (χ2v) is 6.27. The Labute approximate surface area is 103 Å². The zero-order valence-electron chi connectivity index (χ0n) is 10.5. The predicted molar refractivity (Wildman–Crippen MR) is 67.3 cm³/mol. The van der Waals surface area contributed by atoms with Crippen molar-refractivity contribution in [3.05, 3.63) is 0 Å². The number of nitrogens with zero attached hydrogens (tertiary/aromatic N) is 2. The fourth-order valence-electron chi connectivity index (χ4n) is 4.47. The molecular weight excluding hydrogens is 210 g/mol. The molecular formula is C14H21N3. The molecule has 3 nitrogen and oxygen atoms in total. The van der Waals surface area contributed by atoms with Crippen LogP contribution in [-0.2, 0) is 0 Å². The Morgan fingerprint density at radius 2 is 1.76 bits per heavy atom. The summed E-state index contributed by atoms with van der Waals surface area (Å²) in [5.74, 6) is 3.73. The normalized spacial score (nSPS) is 43.5. The van der Waals surface area contributed by atoms with Gasteiger partial charge in [0.2, 0.25) is 0 Å². The third-order valence-electron chi connectivity index (χ3n) is 4.97. The fraction of sp³-hybridized carbons (Fsp3) is 0.857. The van der Waals surface area contributed by atoms with Crippen molar-refractivity contribution in [1.82, 2.24) is 5.43 Å². The van der Waals surface area contributed by atoms with Gasteiger partial charge >= 0.3 is 0 Å². The number of hydrazone groups is 1. The van der Waals surface area contributed by atoms with Crippen molar-refractivity contribution in [3.8, 4) is 6.07 Å². The second-order valence-electron chi connectivity index (χ2n) is 6.27. The van der Waals surface area contributed by atoms with Crippen LogP contribution in [0.25, 0.3) is 0 Å².